The largest absolute Gasteiger partial charge is 0.395 e. The van der Waals surface area contributed by atoms with Crippen molar-refractivity contribution in [2.45, 2.75) is 0 Å². The molecule has 0 bridgehead atoms. The molecule has 3 heteroatoms. The van der Waals surface area contributed by atoms with E-state index < -0.39 is 5.82 Å². The SMILES string of the molecule is C=CCNc1cccc(F)c1N. The van der Waals surface area contributed by atoms with Crippen LogP contribution in [-0.2, 0) is 0 Å². The molecule has 0 unspecified atom stereocenters. The Balaban J connectivity index is 2.84. The quantitative estimate of drug-likeness (QED) is 0.532. The van der Waals surface area contributed by atoms with E-state index in [0.717, 1.165) is 0 Å². The zero-order chi connectivity index (χ0) is 8.97. The smallest absolute Gasteiger partial charge is 0.148 e. The standard InChI is InChI=1S/C9H11FN2/c1-2-6-12-8-5-3-4-7(10)9(8)11/h2-5,12H,1,6,11H2. The first-order valence-electron chi connectivity index (χ1n) is 3.64. The van der Waals surface area contributed by atoms with Gasteiger partial charge in [-0.15, -0.1) is 6.58 Å². The number of nitrogens with one attached hydrogen (secondary N) is 1. The van der Waals surface area contributed by atoms with E-state index in [9.17, 15) is 4.39 Å². The van der Waals surface area contributed by atoms with Crippen molar-refractivity contribution in [2.75, 3.05) is 17.6 Å². The molecule has 0 saturated carbocycles. The molecule has 3 N–H and O–H groups in total. The molecule has 0 spiro atoms. The third-order valence-electron chi connectivity index (χ3n) is 1.49. The molecule has 0 fully saturated rings. The van der Waals surface area contributed by atoms with E-state index in [4.69, 9.17) is 5.73 Å². The molecule has 0 amide bonds. The van der Waals surface area contributed by atoms with Crippen molar-refractivity contribution in [3.05, 3.63) is 36.7 Å². The first kappa shape index (κ1) is 8.59. The van der Waals surface area contributed by atoms with Gasteiger partial charge in [0, 0.05) is 6.54 Å². The molecule has 2 nitrogen and oxygen atoms in total. The van der Waals surface area contributed by atoms with Crippen LogP contribution in [0.25, 0.3) is 0 Å². The van der Waals surface area contributed by atoms with Crippen molar-refractivity contribution >= 4 is 11.4 Å². The summed E-state index contributed by atoms with van der Waals surface area (Å²) in [6.07, 6.45) is 1.68. The number of halogens is 1. The van der Waals surface area contributed by atoms with Crippen molar-refractivity contribution in [3.63, 3.8) is 0 Å². The predicted molar refractivity (Wildman–Crippen MR) is 49.5 cm³/mol. The van der Waals surface area contributed by atoms with E-state index in [2.05, 4.69) is 11.9 Å². The van der Waals surface area contributed by atoms with Gasteiger partial charge >= 0.3 is 0 Å². The molecule has 0 atom stereocenters. The number of benzene rings is 1. The molecule has 12 heavy (non-hydrogen) atoms. The van der Waals surface area contributed by atoms with Crippen LogP contribution in [0.2, 0.25) is 0 Å². The monoisotopic (exact) mass is 166 g/mol. The zero-order valence-corrected chi connectivity index (χ0v) is 6.68. The minimum atomic E-state index is -0.399. The molecule has 0 aliphatic rings. The minimum Gasteiger partial charge on any atom is -0.395 e. The average Bonchev–Trinajstić information content (AvgIpc) is 2.08. The van der Waals surface area contributed by atoms with Gasteiger partial charge < -0.3 is 11.1 Å². The first-order chi connectivity index (χ1) is 5.75. The second kappa shape index (κ2) is 3.76. The molecule has 1 aromatic rings. The van der Waals surface area contributed by atoms with E-state index in [1.165, 1.54) is 6.07 Å². The maximum absolute atomic E-state index is 12.8. The summed E-state index contributed by atoms with van der Waals surface area (Å²) in [5.41, 5.74) is 6.21. The van der Waals surface area contributed by atoms with Crippen LogP contribution < -0.4 is 11.1 Å². The highest BCUT2D eigenvalue weighted by Crippen LogP contribution is 2.20. The van der Waals surface area contributed by atoms with Crippen molar-refractivity contribution in [2.24, 2.45) is 0 Å². The average molecular weight is 166 g/mol. The molecule has 0 aliphatic heterocycles. The normalized spacial score (nSPS) is 9.42. The summed E-state index contributed by atoms with van der Waals surface area (Å²) in [5.74, 6) is -0.399. The number of rotatable bonds is 3. The van der Waals surface area contributed by atoms with Crippen LogP contribution in [0.4, 0.5) is 15.8 Å². The summed E-state index contributed by atoms with van der Waals surface area (Å²) < 4.78 is 12.8. The molecular weight excluding hydrogens is 155 g/mol. The fourth-order valence-electron chi connectivity index (χ4n) is 0.873. The van der Waals surface area contributed by atoms with E-state index in [1.54, 1.807) is 18.2 Å². The van der Waals surface area contributed by atoms with Gasteiger partial charge in [-0.25, -0.2) is 4.39 Å². The molecule has 1 rings (SSSR count). The molecule has 0 aromatic heterocycles. The Bertz CT molecular complexity index is 284. The minimum absolute atomic E-state index is 0.152. The summed E-state index contributed by atoms with van der Waals surface area (Å²) in [6.45, 7) is 4.11. The lowest BCUT2D eigenvalue weighted by molar-refractivity contribution is 0.633. The van der Waals surface area contributed by atoms with Gasteiger partial charge in [0.05, 0.1) is 11.4 Å². The Morgan fingerprint density at radius 3 is 3.00 bits per heavy atom. The third-order valence-corrected chi connectivity index (χ3v) is 1.49. The van der Waals surface area contributed by atoms with Crippen LogP contribution in [-0.4, -0.2) is 6.54 Å². The number of anilines is 2. The van der Waals surface area contributed by atoms with E-state index in [0.29, 0.717) is 12.2 Å². The Morgan fingerprint density at radius 2 is 2.33 bits per heavy atom. The van der Waals surface area contributed by atoms with Crippen molar-refractivity contribution < 1.29 is 4.39 Å². The second-order valence-electron chi connectivity index (χ2n) is 2.37. The highest BCUT2D eigenvalue weighted by atomic mass is 19.1. The molecule has 64 valence electrons. The summed E-state index contributed by atoms with van der Waals surface area (Å²) in [6, 6.07) is 4.66. The van der Waals surface area contributed by atoms with Gasteiger partial charge in [0.2, 0.25) is 0 Å². The molecular formula is C9H11FN2. The molecule has 1 aromatic carbocycles. The van der Waals surface area contributed by atoms with Crippen molar-refractivity contribution in [1.29, 1.82) is 0 Å². The Morgan fingerprint density at radius 1 is 1.58 bits per heavy atom. The van der Waals surface area contributed by atoms with Crippen LogP contribution in [0.3, 0.4) is 0 Å². The molecule has 0 heterocycles. The highest BCUT2D eigenvalue weighted by Gasteiger charge is 2.01. The van der Waals surface area contributed by atoms with Gasteiger partial charge in [-0.1, -0.05) is 12.1 Å². The fourth-order valence-corrected chi connectivity index (χ4v) is 0.873. The maximum Gasteiger partial charge on any atom is 0.148 e. The number of hydrogen-bond donors (Lipinski definition) is 2. The van der Waals surface area contributed by atoms with Crippen LogP contribution >= 0.6 is 0 Å². The first-order valence-corrected chi connectivity index (χ1v) is 3.64. The summed E-state index contributed by atoms with van der Waals surface area (Å²) in [4.78, 5) is 0. The topological polar surface area (TPSA) is 38.0 Å². The maximum atomic E-state index is 12.8. The Labute approximate surface area is 70.9 Å². The summed E-state index contributed by atoms with van der Waals surface area (Å²) in [5, 5.41) is 2.92. The lowest BCUT2D eigenvalue weighted by Gasteiger charge is -2.06. The predicted octanol–water partition coefficient (Wildman–Crippen LogP) is 2.01. The van der Waals surface area contributed by atoms with Gasteiger partial charge in [0.1, 0.15) is 5.82 Å². The Kier molecular flexibility index (Phi) is 2.69. The van der Waals surface area contributed by atoms with Crippen LogP contribution in [0, 0.1) is 5.82 Å². The number of nitrogens with two attached hydrogens (primary N) is 1. The zero-order valence-electron chi connectivity index (χ0n) is 6.68. The number of hydrogen-bond acceptors (Lipinski definition) is 2. The van der Waals surface area contributed by atoms with Gasteiger partial charge in [-0.2, -0.15) is 0 Å². The van der Waals surface area contributed by atoms with E-state index >= 15 is 0 Å². The lowest BCUT2D eigenvalue weighted by atomic mass is 10.2. The Hall–Kier alpha value is -1.51. The molecule has 0 saturated heterocycles. The van der Waals surface area contributed by atoms with Crippen molar-refractivity contribution in [3.8, 4) is 0 Å². The third kappa shape index (κ3) is 1.75. The molecule has 0 aliphatic carbocycles. The van der Waals surface area contributed by atoms with E-state index in [-0.39, 0.29) is 5.69 Å². The van der Waals surface area contributed by atoms with E-state index in [1.807, 2.05) is 0 Å². The second-order valence-corrected chi connectivity index (χ2v) is 2.37. The van der Waals surface area contributed by atoms with Gasteiger partial charge in [0.25, 0.3) is 0 Å². The van der Waals surface area contributed by atoms with Crippen LogP contribution in [0.15, 0.2) is 30.9 Å². The summed E-state index contributed by atoms with van der Waals surface area (Å²) in [7, 11) is 0. The van der Waals surface area contributed by atoms with Crippen molar-refractivity contribution in [1.82, 2.24) is 0 Å². The number of para-hydroxylation sites is 1. The fraction of sp³-hybridized carbons (Fsp3) is 0.111. The van der Waals surface area contributed by atoms with Gasteiger partial charge in [0.15, 0.2) is 0 Å². The highest BCUT2D eigenvalue weighted by molar-refractivity contribution is 5.66. The van der Waals surface area contributed by atoms with Gasteiger partial charge in [-0.05, 0) is 12.1 Å². The van der Waals surface area contributed by atoms with Crippen LogP contribution in [0.5, 0.6) is 0 Å². The molecule has 0 radical (unpaired) electrons. The van der Waals surface area contributed by atoms with Gasteiger partial charge in [-0.3, -0.25) is 0 Å². The summed E-state index contributed by atoms with van der Waals surface area (Å²) >= 11 is 0. The number of nitrogen functional groups attached to an aromatic ring is 1. The lowest BCUT2D eigenvalue weighted by Crippen LogP contribution is -2.02. The van der Waals surface area contributed by atoms with Crippen LogP contribution in [0.1, 0.15) is 0 Å².